The van der Waals surface area contributed by atoms with E-state index in [4.69, 9.17) is 25.8 Å². The van der Waals surface area contributed by atoms with E-state index in [2.05, 4.69) is 0 Å². The number of rotatable bonds is 6. The molecule has 3 rings (SSSR count). The highest BCUT2D eigenvalue weighted by molar-refractivity contribution is 6.30. The zero-order chi connectivity index (χ0) is 21.7. The number of ether oxygens (including phenoxy) is 3. The van der Waals surface area contributed by atoms with Crippen molar-refractivity contribution in [1.29, 1.82) is 0 Å². The van der Waals surface area contributed by atoms with Gasteiger partial charge in [0.15, 0.2) is 0 Å². The quantitative estimate of drug-likeness (QED) is 0.610. The molecule has 2 aromatic carbocycles. The van der Waals surface area contributed by atoms with Crippen LogP contribution in [0.3, 0.4) is 0 Å². The van der Waals surface area contributed by atoms with Gasteiger partial charge in [-0.05, 0) is 54.2 Å². The summed E-state index contributed by atoms with van der Waals surface area (Å²) in [7, 11) is 2.97. The number of esters is 2. The molecule has 30 heavy (non-hydrogen) atoms. The second-order valence-electron chi connectivity index (χ2n) is 7.72. The highest BCUT2D eigenvalue weighted by Gasteiger charge is 2.46. The van der Waals surface area contributed by atoms with E-state index in [1.165, 1.54) is 7.11 Å². The standard InChI is InChI=1S/C24H27ClO5/c1-16-4-5-18(17-6-8-20(25)9-7-17)14-19(16)15-22(26)30-24(23(27)29-3)12-10-21(28-2)11-13-24/h4-9,14,21H,10-13,15H2,1-3H3. The predicted molar refractivity (Wildman–Crippen MR) is 115 cm³/mol. The first-order valence-electron chi connectivity index (χ1n) is 10.1. The van der Waals surface area contributed by atoms with Gasteiger partial charge in [-0.25, -0.2) is 4.79 Å². The van der Waals surface area contributed by atoms with E-state index in [-0.39, 0.29) is 12.5 Å². The van der Waals surface area contributed by atoms with Crippen LogP contribution in [0.2, 0.25) is 5.02 Å². The first-order valence-corrected chi connectivity index (χ1v) is 10.4. The monoisotopic (exact) mass is 430 g/mol. The molecule has 0 atom stereocenters. The minimum Gasteiger partial charge on any atom is -0.466 e. The lowest BCUT2D eigenvalue weighted by molar-refractivity contribution is -0.187. The van der Waals surface area contributed by atoms with Crippen LogP contribution in [-0.4, -0.2) is 37.9 Å². The lowest BCUT2D eigenvalue weighted by atomic mass is 9.83. The van der Waals surface area contributed by atoms with Gasteiger partial charge in [0.1, 0.15) is 0 Å². The number of benzene rings is 2. The molecule has 1 saturated carbocycles. The molecule has 0 aliphatic heterocycles. The zero-order valence-corrected chi connectivity index (χ0v) is 18.3. The van der Waals surface area contributed by atoms with Crippen molar-refractivity contribution in [2.24, 2.45) is 0 Å². The van der Waals surface area contributed by atoms with Gasteiger partial charge in [-0.1, -0.05) is 41.9 Å². The van der Waals surface area contributed by atoms with Crippen LogP contribution in [0.1, 0.15) is 36.8 Å². The van der Waals surface area contributed by atoms with E-state index in [1.54, 1.807) is 7.11 Å². The summed E-state index contributed by atoms with van der Waals surface area (Å²) in [4.78, 5) is 25.3. The number of halogens is 1. The summed E-state index contributed by atoms with van der Waals surface area (Å²) >= 11 is 5.98. The van der Waals surface area contributed by atoms with Gasteiger partial charge in [-0.15, -0.1) is 0 Å². The molecule has 0 N–H and O–H groups in total. The van der Waals surface area contributed by atoms with Crippen molar-refractivity contribution in [2.45, 2.75) is 50.7 Å². The van der Waals surface area contributed by atoms with Gasteiger partial charge in [-0.3, -0.25) is 4.79 Å². The maximum atomic E-state index is 12.8. The van der Waals surface area contributed by atoms with E-state index in [0.717, 1.165) is 22.3 Å². The van der Waals surface area contributed by atoms with Crippen LogP contribution in [-0.2, 0) is 30.2 Å². The van der Waals surface area contributed by atoms with Gasteiger partial charge >= 0.3 is 11.9 Å². The van der Waals surface area contributed by atoms with Crippen molar-refractivity contribution in [3.05, 3.63) is 58.6 Å². The Morgan fingerprint density at radius 3 is 2.27 bits per heavy atom. The Labute approximate surface area is 182 Å². The fourth-order valence-corrected chi connectivity index (χ4v) is 4.05. The molecule has 0 unspecified atom stereocenters. The molecule has 0 aromatic heterocycles. The lowest BCUT2D eigenvalue weighted by Gasteiger charge is -2.36. The second-order valence-corrected chi connectivity index (χ2v) is 8.16. The highest BCUT2D eigenvalue weighted by atomic mass is 35.5. The molecule has 5 nitrogen and oxygen atoms in total. The summed E-state index contributed by atoms with van der Waals surface area (Å²) < 4.78 is 16.1. The molecule has 0 amide bonds. The number of carbonyl (C=O) groups is 2. The van der Waals surface area contributed by atoms with Gasteiger partial charge in [0.05, 0.1) is 19.6 Å². The molecule has 160 valence electrons. The maximum absolute atomic E-state index is 12.8. The number of methoxy groups -OCH3 is 2. The van der Waals surface area contributed by atoms with Crippen LogP contribution < -0.4 is 0 Å². The van der Waals surface area contributed by atoms with Crippen molar-refractivity contribution >= 4 is 23.5 Å². The van der Waals surface area contributed by atoms with E-state index < -0.39 is 17.5 Å². The van der Waals surface area contributed by atoms with E-state index in [1.807, 2.05) is 49.4 Å². The summed E-state index contributed by atoms with van der Waals surface area (Å²) in [6.45, 7) is 1.95. The Kier molecular flexibility index (Phi) is 7.16. The molecule has 6 heteroatoms. The SMILES string of the molecule is COC(=O)C1(OC(=O)Cc2cc(-c3ccc(Cl)cc3)ccc2C)CCC(OC)CC1. The molecule has 0 radical (unpaired) electrons. The van der Waals surface area contributed by atoms with Crippen molar-refractivity contribution < 1.29 is 23.8 Å². The number of hydrogen-bond acceptors (Lipinski definition) is 5. The van der Waals surface area contributed by atoms with Crippen molar-refractivity contribution in [2.75, 3.05) is 14.2 Å². The number of carbonyl (C=O) groups excluding carboxylic acids is 2. The maximum Gasteiger partial charge on any atom is 0.350 e. The average Bonchev–Trinajstić information content (AvgIpc) is 2.75. The molecule has 0 bridgehead atoms. The highest BCUT2D eigenvalue weighted by Crippen LogP contribution is 2.35. The van der Waals surface area contributed by atoms with Crippen LogP contribution in [0.4, 0.5) is 0 Å². The van der Waals surface area contributed by atoms with Gasteiger partial charge in [0.25, 0.3) is 0 Å². The molecule has 1 aliphatic carbocycles. The Bertz CT molecular complexity index is 898. The predicted octanol–water partition coefficient (Wildman–Crippen LogP) is 4.90. The third-order valence-electron chi connectivity index (χ3n) is 5.80. The number of hydrogen-bond donors (Lipinski definition) is 0. The Morgan fingerprint density at radius 1 is 1.03 bits per heavy atom. The largest absolute Gasteiger partial charge is 0.466 e. The van der Waals surface area contributed by atoms with Crippen LogP contribution in [0.5, 0.6) is 0 Å². The summed E-state index contributed by atoms with van der Waals surface area (Å²) in [6.07, 6.45) is 2.23. The molecule has 0 heterocycles. The molecule has 0 spiro atoms. The van der Waals surface area contributed by atoms with Crippen molar-refractivity contribution in [3.63, 3.8) is 0 Å². The minimum absolute atomic E-state index is 0.0692. The Morgan fingerprint density at radius 2 is 1.67 bits per heavy atom. The van der Waals surface area contributed by atoms with Gasteiger partial charge < -0.3 is 14.2 Å². The van der Waals surface area contributed by atoms with Crippen LogP contribution in [0, 0.1) is 6.92 Å². The topological polar surface area (TPSA) is 61.8 Å². The number of aryl methyl sites for hydroxylation is 1. The fraction of sp³-hybridized carbons (Fsp3) is 0.417. The average molecular weight is 431 g/mol. The zero-order valence-electron chi connectivity index (χ0n) is 17.6. The van der Waals surface area contributed by atoms with E-state index >= 15 is 0 Å². The molecule has 0 saturated heterocycles. The summed E-state index contributed by atoms with van der Waals surface area (Å²) in [5, 5.41) is 0.672. The van der Waals surface area contributed by atoms with Gasteiger partial charge in [0, 0.05) is 25.0 Å². The Hall–Kier alpha value is -2.37. The third-order valence-corrected chi connectivity index (χ3v) is 6.05. The lowest BCUT2D eigenvalue weighted by Crippen LogP contribution is -2.48. The fourth-order valence-electron chi connectivity index (χ4n) is 3.92. The molecule has 1 fully saturated rings. The van der Waals surface area contributed by atoms with Crippen molar-refractivity contribution in [3.8, 4) is 11.1 Å². The van der Waals surface area contributed by atoms with E-state index in [9.17, 15) is 9.59 Å². The molecule has 1 aliphatic rings. The van der Waals surface area contributed by atoms with Crippen LogP contribution >= 0.6 is 11.6 Å². The third kappa shape index (κ3) is 5.02. The first kappa shape index (κ1) is 22.3. The van der Waals surface area contributed by atoms with Crippen LogP contribution in [0.25, 0.3) is 11.1 Å². The van der Waals surface area contributed by atoms with Crippen molar-refractivity contribution in [1.82, 2.24) is 0 Å². The smallest absolute Gasteiger partial charge is 0.350 e. The minimum atomic E-state index is -1.23. The van der Waals surface area contributed by atoms with Gasteiger partial charge in [-0.2, -0.15) is 0 Å². The summed E-state index contributed by atoms with van der Waals surface area (Å²) in [5.74, 6) is -0.940. The summed E-state index contributed by atoms with van der Waals surface area (Å²) in [5.41, 5.74) is 2.61. The molecule has 2 aromatic rings. The van der Waals surface area contributed by atoms with Crippen LogP contribution in [0.15, 0.2) is 42.5 Å². The molecular weight excluding hydrogens is 404 g/mol. The Balaban J connectivity index is 1.76. The normalized spacial score (nSPS) is 21.1. The summed E-state index contributed by atoms with van der Waals surface area (Å²) in [6, 6.07) is 13.5. The second kappa shape index (κ2) is 9.63. The molecular formula is C24H27ClO5. The first-order chi connectivity index (χ1) is 14.4. The van der Waals surface area contributed by atoms with E-state index in [0.29, 0.717) is 30.7 Å². The van der Waals surface area contributed by atoms with Gasteiger partial charge in [0.2, 0.25) is 5.60 Å².